The Labute approximate surface area is 190 Å². The van der Waals surface area contributed by atoms with Crippen molar-refractivity contribution in [1.29, 1.82) is 0 Å². The van der Waals surface area contributed by atoms with Crippen molar-refractivity contribution in [3.8, 4) is 11.3 Å². The zero-order valence-corrected chi connectivity index (χ0v) is 18.0. The molecule has 0 aliphatic carbocycles. The number of amides is 1. The van der Waals surface area contributed by atoms with Gasteiger partial charge in [-0.1, -0.05) is 48.5 Å². The van der Waals surface area contributed by atoms with Crippen LogP contribution in [0.25, 0.3) is 22.0 Å². The molecule has 166 valence electrons. The Balaban J connectivity index is 1.30. The molecule has 1 amide bonds. The van der Waals surface area contributed by atoms with Gasteiger partial charge in [-0.25, -0.2) is 9.07 Å². The van der Waals surface area contributed by atoms with E-state index in [9.17, 15) is 14.0 Å². The second kappa shape index (κ2) is 8.86. The lowest BCUT2D eigenvalue weighted by molar-refractivity contribution is -0.132. The van der Waals surface area contributed by atoms with Crippen LogP contribution in [0.5, 0.6) is 0 Å². The van der Waals surface area contributed by atoms with Gasteiger partial charge in [-0.2, -0.15) is 5.10 Å². The molecule has 6 nitrogen and oxygen atoms in total. The number of hydrogen-bond donors (Lipinski definition) is 0. The fourth-order valence-electron chi connectivity index (χ4n) is 4.20. The van der Waals surface area contributed by atoms with Gasteiger partial charge in [0, 0.05) is 37.8 Å². The maximum Gasteiger partial charge on any atom is 0.267 e. The first-order chi connectivity index (χ1) is 16.1. The number of nitrogens with zero attached hydrogens (tertiary/aromatic N) is 4. The summed E-state index contributed by atoms with van der Waals surface area (Å²) in [5.74, 6) is -0.438. The van der Waals surface area contributed by atoms with Crippen LogP contribution < -0.4 is 10.5 Å². The number of halogens is 1. The van der Waals surface area contributed by atoms with E-state index in [0.717, 1.165) is 16.3 Å². The van der Waals surface area contributed by atoms with E-state index in [1.807, 2.05) is 47.4 Å². The fourth-order valence-corrected chi connectivity index (χ4v) is 4.20. The molecule has 0 spiro atoms. The predicted octanol–water partition coefficient (Wildman–Crippen LogP) is 3.55. The molecule has 2 heterocycles. The maximum absolute atomic E-state index is 14.1. The largest absolute Gasteiger partial charge is 0.366 e. The number of anilines is 1. The van der Waals surface area contributed by atoms with Gasteiger partial charge >= 0.3 is 0 Å². The summed E-state index contributed by atoms with van der Waals surface area (Å²) in [5.41, 5.74) is 1.74. The third kappa shape index (κ3) is 4.35. The van der Waals surface area contributed by atoms with E-state index in [-0.39, 0.29) is 23.8 Å². The highest BCUT2D eigenvalue weighted by atomic mass is 19.1. The minimum absolute atomic E-state index is 0.125. The summed E-state index contributed by atoms with van der Waals surface area (Å²) in [5, 5.41) is 6.66. The van der Waals surface area contributed by atoms with Gasteiger partial charge in [-0.05, 0) is 35.0 Å². The van der Waals surface area contributed by atoms with Crippen molar-refractivity contribution in [3.63, 3.8) is 0 Å². The number of carbonyl (C=O) groups excluding carboxylic acids is 1. The molecular weight excluding hydrogens is 419 g/mol. The number of benzene rings is 3. The van der Waals surface area contributed by atoms with E-state index in [4.69, 9.17) is 0 Å². The van der Waals surface area contributed by atoms with Gasteiger partial charge in [0.15, 0.2) is 0 Å². The Kier molecular flexibility index (Phi) is 5.60. The second-order valence-corrected chi connectivity index (χ2v) is 8.10. The van der Waals surface area contributed by atoms with E-state index in [2.05, 4.69) is 5.10 Å². The van der Waals surface area contributed by atoms with E-state index >= 15 is 0 Å². The molecule has 7 heteroatoms. The lowest BCUT2D eigenvalue weighted by atomic mass is 10.1. The van der Waals surface area contributed by atoms with E-state index in [0.29, 0.717) is 37.6 Å². The van der Waals surface area contributed by atoms with Gasteiger partial charge in [0.05, 0.1) is 11.4 Å². The average Bonchev–Trinajstić information content (AvgIpc) is 2.85. The van der Waals surface area contributed by atoms with Crippen LogP contribution in [0.1, 0.15) is 0 Å². The lowest BCUT2D eigenvalue weighted by Crippen LogP contribution is -2.50. The number of hydrogen-bond acceptors (Lipinski definition) is 4. The Morgan fingerprint density at radius 3 is 2.36 bits per heavy atom. The predicted molar refractivity (Wildman–Crippen MR) is 127 cm³/mol. The van der Waals surface area contributed by atoms with Crippen molar-refractivity contribution < 1.29 is 9.18 Å². The van der Waals surface area contributed by atoms with Crippen LogP contribution in [0.3, 0.4) is 0 Å². The molecule has 1 fully saturated rings. The minimum Gasteiger partial charge on any atom is -0.366 e. The summed E-state index contributed by atoms with van der Waals surface area (Å²) in [4.78, 5) is 28.9. The van der Waals surface area contributed by atoms with Crippen molar-refractivity contribution in [2.24, 2.45) is 0 Å². The second-order valence-electron chi connectivity index (χ2n) is 8.10. The highest BCUT2D eigenvalue weighted by Gasteiger charge is 2.23. The zero-order chi connectivity index (χ0) is 22.8. The first kappa shape index (κ1) is 20.9. The van der Waals surface area contributed by atoms with Gasteiger partial charge in [0.2, 0.25) is 5.91 Å². The molecule has 0 N–H and O–H groups in total. The molecule has 0 radical (unpaired) electrons. The van der Waals surface area contributed by atoms with Crippen LogP contribution >= 0.6 is 0 Å². The van der Waals surface area contributed by atoms with Gasteiger partial charge in [0.25, 0.3) is 5.56 Å². The number of piperazine rings is 1. The van der Waals surface area contributed by atoms with Crippen molar-refractivity contribution >= 4 is 22.4 Å². The molecule has 3 aromatic carbocycles. The quantitative estimate of drug-likeness (QED) is 0.485. The molecule has 4 aromatic rings. The molecule has 33 heavy (non-hydrogen) atoms. The summed E-state index contributed by atoms with van der Waals surface area (Å²) >= 11 is 0. The first-order valence-corrected chi connectivity index (χ1v) is 10.9. The molecule has 1 saturated heterocycles. The number of carbonyl (C=O) groups is 1. The van der Waals surface area contributed by atoms with Crippen molar-refractivity contribution in [3.05, 3.63) is 95.0 Å². The van der Waals surface area contributed by atoms with Gasteiger partial charge in [0.1, 0.15) is 12.4 Å². The van der Waals surface area contributed by atoms with Crippen LogP contribution in [-0.2, 0) is 11.3 Å². The Morgan fingerprint density at radius 2 is 1.58 bits per heavy atom. The van der Waals surface area contributed by atoms with Crippen LogP contribution in [0, 0.1) is 5.82 Å². The third-order valence-corrected chi connectivity index (χ3v) is 6.02. The molecule has 1 aliphatic rings. The molecule has 1 aromatic heterocycles. The molecular formula is C26H23FN4O2. The van der Waals surface area contributed by atoms with Crippen LogP contribution in [-0.4, -0.2) is 46.8 Å². The van der Waals surface area contributed by atoms with Gasteiger partial charge < -0.3 is 9.80 Å². The van der Waals surface area contributed by atoms with Crippen LogP contribution in [0.4, 0.5) is 10.1 Å². The Morgan fingerprint density at radius 1 is 0.848 bits per heavy atom. The average molecular weight is 442 g/mol. The normalized spacial score (nSPS) is 14.0. The number of rotatable bonds is 4. The molecule has 5 rings (SSSR count). The van der Waals surface area contributed by atoms with Gasteiger partial charge in [-0.15, -0.1) is 0 Å². The highest BCUT2D eigenvalue weighted by Crippen LogP contribution is 2.23. The fraction of sp³-hybridized carbons (Fsp3) is 0.192. The highest BCUT2D eigenvalue weighted by molar-refractivity contribution is 5.86. The minimum atomic E-state index is -0.321. The molecule has 0 unspecified atom stereocenters. The molecule has 0 atom stereocenters. The standard InChI is InChI=1S/C26H23FN4O2/c27-22-7-3-4-8-24(22)29-13-15-30(16-14-29)26(33)18-31-25(32)12-11-23(28-31)21-10-9-19-5-1-2-6-20(19)17-21/h1-12,17H,13-16,18H2. The SMILES string of the molecule is O=C(Cn1nc(-c2ccc3ccccc3c2)ccc1=O)N1CCN(c2ccccc2F)CC1. The number of fused-ring (bicyclic) bond motifs is 1. The van der Waals surface area contributed by atoms with Crippen molar-refractivity contribution in [1.82, 2.24) is 14.7 Å². The maximum atomic E-state index is 14.1. The summed E-state index contributed by atoms with van der Waals surface area (Å²) in [6, 6.07) is 23.8. The monoisotopic (exact) mass is 442 g/mol. The lowest BCUT2D eigenvalue weighted by Gasteiger charge is -2.36. The Hall–Kier alpha value is -4.00. The first-order valence-electron chi connectivity index (χ1n) is 10.9. The molecule has 0 saturated carbocycles. The molecule has 1 aliphatic heterocycles. The van der Waals surface area contributed by atoms with Crippen LogP contribution in [0.2, 0.25) is 0 Å². The summed E-state index contributed by atoms with van der Waals surface area (Å²) in [6.07, 6.45) is 0. The number of para-hydroxylation sites is 1. The summed E-state index contributed by atoms with van der Waals surface area (Å²) in [7, 11) is 0. The molecule has 0 bridgehead atoms. The van der Waals surface area contributed by atoms with Crippen molar-refractivity contribution in [2.45, 2.75) is 6.54 Å². The van der Waals surface area contributed by atoms with Gasteiger partial charge in [-0.3, -0.25) is 9.59 Å². The zero-order valence-electron chi connectivity index (χ0n) is 18.0. The van der Waals surface area contributed by atoms with E-state index < -0.39 is 0 Å². The summed E-state index contributed by atoms with van der Waals surface area (Å²) in [6.45, 7) is 1.87. The van der Waals surface area contributed by atoms with E-state index in [1.54, 1.807) is 29.2 Å². The number of aromatic nitrogens is 2. The van der Waals surface area contributed by atoms with Crippen molar-refractivity contribution in [2.75, 3.05) is 31.1 Å². The Bertz CT molecular complexity index is 1380. The smallest absolute Gasteiger partial charge is 0.267 e. The third-order valence-electron chi connectivity index (χ3n) is 6.02. The topological polar surface area (TPSA) is 58.4 Å². The van der Waals surface area contributed by atoms with Crippen LogP contribution in [0.15, 0.2) is 83.7 Å². The summed E-state index contributed by atoms with van der Waals surface area (Å²) < 4.78 is 15.3. The van der Waals surface area contributed by atoms with E-state index in [1.165, 1.54) is 16.8 Å².